The SMILES string of the molecule is CC(C)(C)c1ccc2c(ccc3c(C(F)(F)F)nc4ccccc4c32)c1. The van der Waals surface area contributed by atoms with Crippen LogP contribution >= 0.6 is 0 Å². The second-order valence-corrected chi connectivity index (χ2v) is 7.65. The van der Waals surface area contributed by atoms with Gasteiger partial charge in [-0.3, -0.25) is 0 Å². The summed E-state index contributed by atoms with van der Waals surface area (Å²) in [4.78, 5) is 3.91. The third-order valence-corrected chi connectivity index (χ3v) is 4.82. The van der Waals surface area contributed by atoms with Gasteiger partial charge in [0.25, 0.3) is 0 Å². The van der Waals surface area contributed by atoms with Crippen molar-refractivity contribution in [2.45, 2.75) is 32.4 Å². The molecule has 0 fully saturated rings. The molecule has 0 saturated heterocycles. The summed E-state index contributed by atoms with van der Waals surface area (Å²) in [5.41, 5.74) is 0.659. The molecular weight excluding hydrogens is 335 g/mol. The van der Waals surface area contributed by atoms with Crippen molar-refractivity contribution in [3.63, 3.8) is 0 Å². The lowest BCUT2D eigenvalue weighted by Crippen LogP contribution is -2.11. The molecule has 0 aliphatic heterocycles. The summed E-state index contributed by atoms with van der Waals surface area (Å²) in [5.74, 6) is 0. The van der Waals surface area contributed by atoms with Crippen molar-refractivity contribution in [1.29, 1.82) is 0 Å². The summed E-state index contributed by atoms with van der Waals surface area (Å²) >= 11 is 0. The van der Waals surface area contributed by atoms with Crippen molar-refractivity contribution >= 4 is 32.4 Å². The van der Waals surface area contributed by atoms with Crippen LogP contribution in [-0.4, -0.2) is 4.98 Å². The summed E-state index contributed by atoms with van der Waals surface area (Å²) in [6.45, 7) is 6.36. The topological polar surface area (TPSA) is 12.9 Å². The van der Waals surface area contributed by atoms with E-state index < -0.39 is 11.9 Å². The number of fused-ring (bicyclic) bond motifs is 5. The Balaban J connectivity index is 2.21. The highest BCUT2D eigenvalue weighted by Crippen LogP contribution is 2.40. The zero-order chi connectivity index (χ0) is 18.7. The predicted octanol–water partition coefficient (Wildman–Crippen LogP) is 6.86. The van der Waals surface area contributed by atoms with Crippen LogP contribution in [-0.2, 0) is 11.6 Å². The molecule has 1 nitrogen and oxygen atoms in total. The minimum atomic E-state index is -4.50. The smallest absolute Gasteiger partial charge is 0.243 e. The highest BCUT2D eigenvalue weighted by atomic mass is 19.4. The van der Waals surface area contributed by atoms with E-state index in [4.69, 9.17) is 0 Å². The fourth-order valence-corrected chi connectivity index (χ4v) is 3.46. The zero-order valence-corrected chi connectivity index (χ0v) is 14.8. The van der Waals surface area contributed by atoms with Crippen molar-refractivity contribution in [2.24, 2.45) is 0 Å². The monoisotopic (exact) mass is 353 g/mol. The first-order valence-electron chi connectivity index (χ1n) is 8.49. The van der Waals surface area contributed by atoms with Gasteiger partial charge in [0.15, 0.2) is 5.69 Å². The van der Waals surface area contributed by atoms with Gasteiger partial charge in [0.2, 0.25) is 0 Å². The number of benzene rings is 3. The molecule has 0 saturated carbocycles. The Morgan fingerprint density at radius 1 is 0.769 bits per heavy atom. The van der Waals surface area contributed by atoms with Gasteiger partial charge in [0.05, 0.1) is 5.52 Å². The van der Waals surface area contributed by atoms with Gasteiger partial charge in [-0.2, -0.15) is 13.2 Å². The summed E-state index contributed by atoms with van der Waals surface area (Å²) in [6, 6.07) is 16.3. The summed E-state index contributed by atoms with van der Waals surface area (Å²) in [5, 5.41) is 3.26. The normalized spacial score (nSPS) is 13.0. The first-order valence-corrected chi connectivity index (χ1v) is 8.49. The second-order valence-electron chi connectivity index (χ2n) is 7.65. The van der Waals surface area contributed by atoms with Crippen LogP contribution in [0.15, 0.2) is 54.6 Å². The number of halogens is 3. The van der Waals surface area contributed by atoms with Crippen LogP contribution in [0.4, 0.5) is 13.2 Å². The van der Waals surface area contributed by atoms with Gasteiger partial charge in [0.1, 0.15) is 0 Å². The molecule has 0 radical (unpaired) electrons. The maximum Gasteiger partial charge on any atom is 0.433 e. The molecular formula is C22H18F3N. The molecule has 4 heteroatoms. The van der Waals surface area contributed by atoms with E-state index >= 15 is 0 Å². The molecule has 0 unspecified atom stereocenters. The predicted molar refractivity (Wildman–Crippen MR) is 100 cm³/mol. The molecule has 0 N–H and O–H groups in total. The lowest BCUT2D eigenvalue weighted by atomic mass is 9.85. The molecule has 26 heavy (non-hydrogen) atoms. The fraction of sp³-hybridized carbons (Fsp3) is 0.227. The Morgan fingerprint density at radius 2 is 1.46 bits per heavy atom. The number of para-hydroxylation sites is 1. The summed E-state index contributed by atoms with van der Waals surface area (Å²) < 4.78 is 40.8. The lowest BCUT2D eigenvalue weighted by molar-refractivity contribution is -0.139. The molecule has 4 rings (SSSR count). The van der Waals surface area contributed by atoms with Crippen LogP contribution in [0, 0.1) is 0 Å². The standard InChI is InChI=1S/C22H18F3N/c1-21(2,3)14-9-11-15-13(12-14)8-10-17-19(15)16-6-4-5-7-18(16)26-20(17)22(23,24)25/h4-12H,1-3H3. The minimum Gasteiger partial charge on any atom is -0.243 e. The third kappa shape index (κ3) is 2.61. The molecule has 0 spiro atoms. The number of nitrogens with zero attached hydrogens (tertiary/aromatic N) is 1. The van der Waals surface area contributed by atoms with Gasteiger partial charge in [-0.25, -0.2) is 4.98 Å². The number of rotatable bonds is 0. The van der Waals surface area contributed by atoms with Crippen LogP contribution in [0.3, 0.4) is 0 Å². The molecule has 0 atom stereocenters. The largest absolute Gasteiger partial charge is 0.433 e. The van der Waals surface area contributed by atoms with E-state index in [-0.39, 0.29) is 10.8 Å². The van der Waals surface area contributed by atoms with Crippen molar-refractivity contribution < 1.29 is 13.2 Å². The van der Waals surface area contributed by atoms with Crippen molar-refractivity contribution in [3.8, 4) is 0 Å². The number of pyridine rings is 1. The Hall–Kier alpha value is -2.62. The average molecular weight is 353 g/mol. The van der Waals surface area contributed by atoms with E-state index in [0.717, 1.165) is 21.7 Å². The number of hydrogen-bond acceptors (Lipinski definition) is 1. The molecule has 3 aromatic carbocycles. The number of alkyl halides is 3. The van der Waals surface area contributed by atoms with E-state index in [1.54, 1.807) is 24.3 Å². The third-order valence-electron chi connectivity index (χ3n) is 4.82. The van der Waals surface area contributed by atoms with Crippen LogP contribution in [0.25, 0.3) is 32.4 Å². The maximum atomic E-state index is 13.6. The Morgan fingerprint density at radius 3 is 2.15 bits per heavy atom. The summed E-state index contributed by atoms with van der Waals surface area (Å²) in [6.07, 6.45) is -4.50. The van der Waals surface area contributed by atoms with Gasteiger partial charge in [-0.05, 0) is 27.8 Å². The number of hydrogen-bond donors (Lipinski definition) is 0. The minimum absolute atomic E-state index is 0.0272. The van der Waals surface area contributed by atoms with Crippen molar-refractivity contribution in [2.75, 3.05) is 0 Å². The fourth-order valence-electron chi connectivity index (χ4n) is 3.46. The highest BCUT2D eigenvalue weighted by Gasteiger charge is 2.35. The molecule has 132 valence electrons. The van der Waals surface area contributed by atoms with Crippen LogP contribution in [0.1, 0.15) is 32.0 Å². The first kappa shape index (κ1) is 16.8. The van der Waals surface area contributed by atoms with Crippen LogP contribution < -0.4 is 0 Å². The Labute approximate surface area is 149 Å². The maximum absolute atomic E-state index is 13.6. The van der Waals surface area contributed by atoms with Crippen molar-refractivity contribution in [1.82, 2.24) is 4.98 Å². The van der Waals surface area contributed by atoms with E-state index in [9.17, 15) is 13.2 Å². The van der Waals surface area contributed by atoms with E-state index in [2.05, 4.69) is 31.8 Å². The molecule has 4 aromatic rings. The highest BCUT2D eigenvalue weighted by molar-refractivity contribution is 6.20. The second kappa shape index (κ2) is 5.44. The van der Waals surface area contributed by atoms with E-state index in [1.165, 1.54) is 0 Å². The molecule has 0 aliphatic carbocycles. The lowest BCUT2D eigenvalue weighted by Gasteiger charge is -2.20. The molecule has 0 amide bonds. The molecule has 1 aromatic heterocycles. The molecule has 1 heterocycles. The van der Waals surface area contributed by atoms with E-state index in [1.807, 2.05) is 24.3 Å². The summed E-state index contributed by atoms with van der Waals surface area (Å²) in [7, 11) is 0. The Kier molecular flexibility index (Phi) is 3.52. The van der Waals surface area contributed by atoms with E-state index in [0.29, 0.717) is 10.9 Å². The average Bonchev–Trinajstić information content (AvgIpc) is 2.58. The number of aromatic nitrogens is 1. The molecule has 0 bridgehead atoms. The van der Waals surface area contributed by atoms with Crippen LogP contribution in [0.2, 0.25) is 0 Å². The molecule has 0 aliphatic rings. The van der Waals surface area contributed by atoms with Gasteiger partial charge in [-0.1, -0.05) is 69.3 Å². The Bertz CT molecular complexity index is 1150. The zero-order valence-electron chi connectivity index (χ0n) is 14.8. The van der Waals surface area contributed by atoms with Gasteiger partial charge >= 0.3 is 6.18 Å². The van der Waals surface area contributed by atoms with Gasteiger partial charge in [-0.15, -0.1) is 0 Å². The van der Waals surface area contributed by atoms with Crippen molar-refractivity contribution in [3.05, 3.63) is 65.9 Å². The van der Waals surface area contributed by atoms with Gasteiger partial charge < -0.3 is 0 Å². The van der Waals surface area contributed by atoms with Crippen LogP contribution in [0.5, 0.6) is 0 Å². The van der Waals surface area contributed by atoms with Gasteiger partial charge in [0, 0.05) is 16.2 Å². The quantitative estimate of drug-likeness (QED) is 0.315. The first-order chi connectivity index (χ1) is 12.2.